The second-order valence-corrected chi connectivity index (χ2v) is 35.5. The third kappa shape index (κ3) is 50.2. The number of amides is 1. The van der Waals surface area contributed by atoms with Crippen LogP contribution in [-0.4, -0.2) is 159 Å². The molecule has 2 atom stereocenters. The number of carboxylic acid groups (broad SMARTS) is 1. The first-order valence-electron chi connectivity index (χ1n) is 45.6. The van der Waals surface area contributed by atoms with E-state index in [1.165, 1.54) is 11.6 Å². The number of hydrogen-bond acceptors (Lipinski definition) is 23. The molecule has 6 aromatic rings. The van der Waals surface area contributed by atoms with E-state index in [-0.39, 0.29) is 82.5 Å². The van der Waals surface area contributed by atoms with Crippen LogP contribution in [0.2, 0.25) is 0 Å². The Labute approximate surface area is 788 Å². The molecule has 6 aromatic carbocycles. The zero-order valence-electron chi connectivity index (χ0n) is 83.9. The second-order valence-electron chi connectivity index (χ2n) is 35.5. The molecule has 736 valence electrons. The number of hydrogen-bond donors (Lipinski definition) is 4. The van der Waals surface area contributed by atoms with Crippen LogP contribution in [0.15, 0.2) is 170 Å². The Morgan fingerprint density at radius 3 is 0.939 bits per heavy atom. The normalized spacial score (nSPS) is 11.7. The van der Waals surface area contributed by atoms with Gasteiger partial charge in [0.25, 0.3) is 0 Å². The first-order valence-corrected chi connectivity index (χ1v) is 45.6. The summed E-state index contributed by atoms with van der Waals surface area (Å²) in [4.78, 5) is 104. The molecule has 0 spiro atoms. The molecule has 2 unspecified atom stereocenters. The number of unbranched alkanes of at least 4 members (excludes halogenated alkanes) is 5. The molecule has 0 bridgehead atoms. The van der Waals surface area contributed by atoms with E-state index in [0.29, 0.717) is 88.1 Å². The monoisotopic (exact) mass is 1840 g/mol. The van der Waals surface area contributed by atoms with Crippen LogP contribution in [0.5, 0.6) is 34.5 Å². The van der Waals surface area contributed by atoms with Gasteiger partial charge in [-0.15, -0.1) is 0 Å². The summed E-state index contributed by atoms with van der Waals surface area (Å²) in [5.41, 5.74) is 5.73. The number of ether oxygens (including phenoxy) is 12. The minimum atomic E-state index is -0.788. The molecule has 0 heterocycles. The Balaban J connectivity index is 0.00000155. The average Bonchev–Trinajstić information content (AvgIpc) is 0.845. The Kier molecular flexibility index (Phi) is 61.2. The SMILES string of the molecule is CCOC(=O)/C=C/C=C/C(C)(C)C(OC)c1ccc(OC)cc1.CCOC(=O)CCCCC(C)(C)C(=O)c1ccc(OC)cc1.CCOC(=O)CCCCC(C)(C)C(OC)c1ccc(OC)cc1.CCOC(=O)CCCCC(C)(C)Cc1ccc(OC)cc1.CO.COc1ccc(C(=O)C(C)(C)CCCCC(=O)NO)cc1.COc1ccc(C(=O)C(C)(C)CCCCC(=O)O)cc1. The van der Waals surface area contributed by atoms with Gasteiger partial charge in [0.2, 0.25) is 5.91 Å². The van der Waals surface area contributed by atoms with E-state index in [2.05, 4.69) is 53.7 Å². The standard InChI is InChI=1S/C19H30O4.C19H26O4.C18H26O4.C18H28O3.C16H23NO4.C16H22O4.CH4O/c2*1-6-23-17(20)9-7-8-14-19(2,3)18(22-5)15-10-12-16(21-4)13-11-15;1-5-22-16(19)8-6-7-13-18(2,3)17(20)14-9-11-15(21-4)12-10-14;1-5-21-17(19)8-6-7-13-18(2,3)14-15-9-11-16(20-4)12-10-15;1-16(2,11-5-4-6-14(18)17-20)15(19)12-7-9-13(21-3)10-8-12;1-16(2,11-5-4-6-14(17)18)15(19)12-7-9-13(20-3)10-8-12;1-2/h10-13,18H,6-9,14H2,1-5H3;7-14,18H,6H2,1-5H3;9-12H,5-8,13H2,1-4H3;9-12H,5-8,13-14H2,1-4H3;7-10,20H,4-6,11H2,1-3H3,(H,17,18);7-10H,4-6,11H2,1-3H3,(H,17,18);2H,1H3/b;9-7+,14-8+;;;;;. The molecular weight excluding hydrogens is 1680 g/mol. The summed E-state index contributed by atoms with van der Waals surface area (Å²) >= 11 is 0. The zero-order valence-corrected chi connectivity index (χ0v) is 83.9. The van der Waals surface area contributed by atoms with Gasteiger partial charge in [-0.05, 0) is 235 Å². The molecule has 1 amide bonds. The molecule has 0 aromatic heterocycles. The van der Waals surface area contributed by atoms with Crippen molar-refractivity contribution in [2.45, 2.75) is 258 Å². The highest BCUT2D eigenvalue weighted by Crippen LogP contribution is 2.42. The van der Waals surface area contributed by atoms with Gasteiger partial charge >= 0.3 is 29.8 Å². The quantitative estimate of drug-likeness (QED) is 0.00403. The first kappa shape index (κ1) is 121. The Morgan fingerprint density at radius 1 is 0.348 bits per heavy atom. The van der Waals surface area contributed by atoms with Crippen molar-refractivity contribution in [1.82, 2.24) is 5.48 Å². The molecule has 25 heteroatoms. The van der Waals surface area contributed by atoms with Gasteiger partial charge in [0.15, 0.2) is 17.3 Å². The van der Waals surface area contributed by atoms with Gasteiger partial charge in [-0.2, -0.15) is 0 Å². The molecule has 0 saturated carbocycles. The predicted molar refractivity (Wildman–Crippen MR) is 520 cm³/mol. The summed E-state index contributed by atoms with van der Waals surface area (Å²) < 4.78 is 61.9. The number of methoxy groups -OCH3 is 8. The minimum absolute atomic E-state index is 0.0102. The maximum absolute atomic E-state index is 12.6. The van der Waals surface area contributed by atoms with Crippen molar-refractivity contribution in [1.29, 1.82) is 0 Å². The van der Waals surface area contributed by atoms with E-state index in [1.807, 2.05) is 128 Å². The molecule has 4 N–H and O–H groups in total. The fourth-order valence-corrected chi connectivity index (χ4v) is 14.3. The van der Waals surface area contributed by atoms with E-state index in [4.69, 9.17) is 72.3 Å². The van der Waals surface area contributed by atoms with Crippen LogP contribution in [0, 0.1) is 32.5 Å². The number of Topliss-reactive ketones (excluding diaryl/α,β-unsaturated/α-hetero) is 3. The minimum Gasteiger partial charge on any atom is -0.497 e. The molecule has 132 heavy (non-hydrogen) atoms. The number of aliphatic carboxylic acids is 1. The van der Waals surface area contributed by atoms with Crippen molar-refractivity contribution < 1.29 is 115 Å². The predicted octanol–water partition coefficient (Wildman–Crippen LogP) is 23.2. The number of nitrogens with one attached hydrogen (secondary N) is 1. The number of aliphatic hydroxyl groups excluding tert-OH is 1. The number of aliphatic hydroxyl groups is 1. The maximum Gasteiger partial charge on any atom is 0.330 e. The molecule has 0 saturated heterocycles. The van der Waals surface area contributed by atoms with Crippen LogP contribution in [0.4, 0.5) is 0 Å². The highest BCUT2D eigenvalue weighted by molar-refractivity contribution is 6.01. The largest absolute Gasteiger partial charge is 0.497 e. The number of carbonyl (C=O) groups is 9. The third-order valence-electron chi connectivity index (χ3n) is 21.9. The second kappa shape index (κ2) is 66.6. The highest BCUT2D eigenvalue weighted by Gasteiger charge is 2.34. The van der Waals surface area contributed by atoms with Gasteiger partial charge in [0.05, 0.1) is 81.3 Å². The van der Waals surface area contributed by atoms with Gasteiger partial charge in [0, 0.05) is 97.9 Å². The number of benzene rings is 6. The van der Waals surface area contributed by atoms with Gasteiger partial charge in [0.1, 0.15) is 34.5 Å². The lowest BCUT2D eigenvalue weighted by molar-refractivity contribution is -0.144. The molecule has 0 aliphatic heterocycles. The number of carbonyl (C=O) groups excluding carboxylic acids is 8. The van der Waals surface area contributed by atoms with Crippen LogP contribution in [0.1, 0.15) is 299 Å². The van der Waals surface area contributed by atoms with Crippen LogP contribution in [0.25, 0.3) is 0 Å². The third-order valence-corrected chi connectivity index (χ3v) is 21.9. The number of esters is 4. The van der Waals surface area contributed by atoms with Crippen molar-refractivity contribution in [3.8, 4) is 34.5 Å². The van der Waals surface area contributed by atoms with Crippen molar-refractivity contribution in [2.24, 2.45) is 32.5 Å². The lowest BCUT2D eigenvalue weighted by Crippen LogP contribution is -2.24. The Morgan fingerprint density at radius 2 is 0.636 bits per heavy atom. The summed E-state index contributed by atoms with van der Waals surface area (Å²) in [7, 11) is 14.2. The summed E-state index contributed by atoms with van der Waals surface area (Å²) in [5, 5.41) is 24.0. The van der Waals surface area contributed by atoms with Gasteiger partial charge in [-0.3, -0.25) is 43.6 Å². The van der Waals surface area contributed by atoms with E-state index in [0.717, 1.165) is 130 Å². The molecule has 0 aliphatic rings. The van der Waals surface area contributed by atoms with Gasteiger partial charge in [-0.1, -0.05) is 170 Å². The number of hydroxylamine groups is 1. The van der Waals surface area contributed by atoms with Crippen molar-refractivity contribution in [3.63, 3.8) is 0 Å². The lowest BCUT2D eigenvalue weighted by atomic mass is 9.78. The topological polar surface area (TPSA) is 337 Å². The smallest absolute Gasteiger partial charge is 0.330 e. The summed E-state index contributed by atoms with van der Waals surface area (Å²) in [6, 6.07) is 45.4. The van der Waals surface area contributed by atoms with Gasteiger partial charge in [-0.25, -0.2) is 10.3 Å². The summed E-state index contributed by atoms with van der Waals surface area (Å²) in [5.74, 6) is 3.14. The van der Waals surface area contributed by atoms with Crippen molar-refractivity contribution in [2.75, 3.05) is 90.4 Å². The van der Waals surface area contributed by atoms with E-state index < -0.39 is 28.1 Å². The molecule has 25 nitrogen and oxygen atoms in total. The highest BCUT2D eigenvalue weighted by atomic mass is 16.5. The Bertz CT molecular complexity index is 4280. The number of allylic oxidation sites excluding steroid dienone is 2. The van der Waals surface area contributed by atoms with Crippen LogP contribution >= 0.6 is 0 Å². The molecule has 0 aliphatic carbocycles. The molecule has 6 rings (SSSR count). The average molecular weight is 1840 g/mol. The molecule has 0 fully saturated rings. The van der Waals surface area contributed by atoms with Crippen LogP contribution < -0.4 is 33.9 Å². The summed E-state index contributed by atoms with van der Waals surface area (Å²) in [6.45, 7) is 33.6. The van der Waals surface area contributed by atoms with Crippen LogP contribution in [-0.2, 0) is 63.6 Å². The first-order chi connectivity index (χ1) is 62.5. The van der Waals surface area contributed by atoms with E-state index >= 15 is 0 Å². The molecular formula is C107H159NO24. The lowest BCUT2D eigenvalue weighted by Gasteiger charge is -2.34. The molecule has 0 radical (unpaired) electrons. The number of rotatable bonds is 52. The fourth-order valence-electron chi connectivity index (χ4n) is 14.3. The van der Waals surface area contributed by atoms with Gasteiger partial charge < -0.3 is 67.1 Å². The van der Waals surface area contributed by atoms with Crippen molar-refractivity contribution in [3.05, 3.63) is 203 Å². The van der Waals surface area contributed by atoms with E-state index in [9.17, 15) is 43.2 Å². The summed E-state index contributed by atoms with van der Waals surface area (Å²) in [6.07, 6.45) is 22.1. The van der Waals surface area contributed by atoms with E-state index in [1.54, 1.807) is 155 Å². The van der Waals surface area contributed by atoms with Crippen molar-refractivity contribution >= 4 is 53.1 Å². The maximum atomic E-state index is 12.6. The Hall–Kier alpha value is -10.7. The number of ketones is 3. The fraction of sp³-hybridized carbons (Fsp3) is 0.542. The zero-order chi connectivity index (χ0) is 99.9. The van der Waals surface area contributed by atoms with Crippen LogP contribution in [0.3, 0.4) is 0 Å². The number of carboxylic acids is 1.